The van der Waals surface area contributed by atoms with Crippen LogP contribution in [0.1, 0.15) is 13.3 Å². The van der Waals surface area contributed by atoms with Gasteiger partial charge in [-0.2, -0.15) is 4.31 Å². The summed E-state index contributed by atoms with van der Waals surface area (Å²) in [5.41, 5.74) is 6.38. The molecule has 0 radical (unpaired) electrons. The first-order valence-electron chi connectivity index (χ1n) is 6.56. The molecule has 2 N–H and O–H groups in total. The summed E-state index contributed by atoms with van der Waals surface area (Å²) in [5.74, 6) is 0.642. The third-order valence-electron chi connectivity index (χ3n) is 2.67. The minimum atomic E-state index is -3.22. The molecular weight excluding hydrogens is 292 g/mol. The van der Waals surface area contributed by atoms with E-state index >= 15 is 0 Å². The Morgan fingerprint density at radius 3 is 2.80 bits per heavy atom. The van der Waals surface area contributed by atoms with Crippen LogP contribution in [0.3, 0.4) is 0 Å². The van der Waals surface area contributed by atoms with E-state index in [2.05, 4.69) is 6.58 Å². The Balaban J connectivity index is 2.55. The molecular formula is C14H22N2O2S2. The lowest BCUT2D eigenvalue weighted by Crippen LogP contribution is -2.34. The van der Waals surface area contributed by atoms with Crippen molar-refractivity contribution in [3.8, 4) is 0 Å². The van der Waals surface area contributed by atoms with Gasteiger partial charge in [-0.05, 0) is 24.6 Å². The summed E-state index contributed by atoms with van der Waals surface area (Å²) >= 11 is 1.50. The fourth-order valence-electron chi connectivity index (χ4n) is 1.74. The number of nitrogens with two attached hydrogens (primary N) is 1. The number of nitrogen functional groups attached to an aromatic ring is 1. The van der Waals surface area contributed by atoms with Gasteiger partial charge in [-0.15, -0.1) is 18.3 Å². The van der Waals surface area contributed by atoms with Gasteiger partial charge in [-0.1, -0.05) is 19.1 Å². The zero-order valence-corrected chi connectivity index (χ0v) is 13.4. The quantitative estimate of drug-likeness (QED) is 0.432. The van der Waals surface area contributed by atoms with E-state index in [1.165, 1.54) is 16.1 Å². The Bertz CT molecular complexity index is 530. The van der Waals surface area contributed by atoms with Crippen molar-refractivity contribution in [3.63, 3.8) is 0 Å². The van der Waals surface area contributed by atoms with Crippen LogP contribution < -0.4 is 5.73 Å². The molecule has 0 saturated carbocycles. The summed E-state index contributed by atoms with van der Waals surface area (Å²) in [7, 11) is -3.22. The number of sulfonamides is 1. The first-order chi connectivity index (χ1) is 9.49. The van der Waals surface area contributed by atoms with E-state index in [0.717, 1.165) is 11.3 Å². The van der Waals surface area contributed by atoms with Crippen LogP contribution in [0.4, 0.5) is 5.69 Å². The lowest BCUT2D eigenvalue weighted by molar-refractivity contribution is 0.442. The number of thioether (sulfide) groups is 1. The van der Waals surface area contributed by atoms with E-state index in [1.54, 1.807) is 6.08 Å². The first-order valence-corrected chi connectivity index (χ1v) is 9.16. The van der Waals surface area contributed by atoms with Crippen LogP contribution in [0.5, 0.6) is 0 Å². The summed E-state index contributed by atoms with van der Waals surface area (Å²) in [6.45, 7) is 6.49. The molecule has 0 fully saturated rings. The van der Waals surface area contributed by atoms with Gasteiger partial charge in [0.15, 0.2) is 0 Å². The highest BCUT2D eigenvalue weighted by Crippen LogP contribution is 2.20. The molecule has 0 unspecified atom stereocenters. The van der Waals surface area contributed by atoms with E-state index in [0.29, 0.717) is 24.5 Å². The maximum atomic E-state index is 12.2. The number of anilines is 1. The van der Waals surface area contributed by atoms with Crippen molar-refractivity contribution in [3.05, 3.63) is 36.9 Å². The van der Waals surface area contributed by atoms with Crippen molar-refractivity contribution in [2.75, 3.05) is 30.3 Å². The maximum absolute atomic E-state index is 12.2. The molecule has 0 heterocycles. The van der Waals surface area contributed by atoms with E-state index in [4.69, 9.17) is 5.73 Å². The van der Waals surface area contributed by atoms with Crippen LogP contribution >= 0.6 is 11.8 Å². The second-order valence-corrected chi connectivity index (χ2v) is 7.64. The molecule has 0 saturated heterocycles. The molecule has 0 atom stereocenters. The zero-order valence-electron chi connectivity index (χ0n) is 11.8. The molecule has 6 heteroatoms. The predicted octanol–water partition coefficient (Wildman–Crippen LogP) is 2.59. The second-order valence-electron chi connectivity index (χ2n) is 4.38. The van der Waals surface area contributed by atoms with Gasteiger partial charge < -0.3 is 5.73 Å². The SMILES string of the molecule is C=CCN(CCC)S(=O)(=O)CCSc1cccc(N)c1. The standard InChI is InChI=1S/C14H22N2O2S2/c1-3-8-16(9-4-2)20(17,18)11-10-19-14-7-5-6-13(15)12-14/h3,5-7,12H,1,4,8-11,15H2,2H3. The molecule has 1 aromatic carbocycles. The van der Waals surface area contributed by atoms with Gasteiger partial charge in [-0.25, -0.2) is 8.42 Å². The van der Waals surface area contributed by atoms with Crippen LogP contribution in [0, 0.1) is 0 Å². The lowest BCUT2D eigenvalue weighted by Gasteiger charge is -2.19. The third kappa shape index (κ3) is 5.56. The van der Waals surface area contributed by atoms with E-state index < -0.39 is 10.0 Å². The largest absolute Gasteiger partial charge is 0.399 e. The molecule has 0 bridgehead atoms. The molecule has 4 nitrogen and oxygen atoms in total. The summed E-state index contributed by atoms with van der Waals surface area (Å²) in [6, 6.07) is 7.47. The van der Waals surface area contributed by atoms with Gasteiger partial charge in [0.2, 0.25) is 10.0 Å². The smallest absolute Gasteiger partial charge is 0.215 e. The van der Waals surface area contributed by atoms with Crippen molar-refractivity contribution in [2.24, 2.45) is 0 Å². The fraction of sp³-hybridized carbons (Fsp3) is 0.429. The number of benzene rings is 1. The molecule has 0 aliphatic carbocycles. The van der Waals surface area contributed by atoms with Crippen molar-refractivity contribution < 1.29 is 8.42 Å². The number of hydrogen-bond acceptors (Lipinski definition) is 4. The van der Waals surface area contributed by atoms with E-state index in [1.807, 2.05) is 31.2 Å². The summed E-state index contributed by atoms with van der Waals surface area (Å²) < 4.78 is 25.9. The van der Waals surface area contributed by atoms with Gasteiger partial charge in [0, 0.05) is 29.4 Å². The predicted molar refractivity (Wildman–Crippen MR) is 87.4 cm³/mol. The normalized spacial score (nSPS) is 11.7. The highest BCUT2D eigenvalue weighted by Gasteiger charge is 2.19. The topological polar surface area (TPSA) is 63.4 Å². The molecule has 1 rings (SSSR count). The van der Waals surface area contributed by atoms with Crippen LogP contribution in [-0.4, -0.2) is 37.3 Å². The van der Waals surface area contributed by atoms with Crippen LogP contribution in [0.15, 0.2) is 41.8 Å². The lowest BCUT2D eigenvalue weighted by atomic mass is 10.3. The number of nitrogens with zero attached hydrogens (tertiary/aromatic N) is 1. The number of rotatable bonds is 9. The Hall–Kier alpha value is -0.980. The highest BCUT2D eigenvalue weighted by molar-refractivity contribution is 8.00. The van der Waals surface area contributed by atoms with Crippen molar-refractivity contribution in [2.45, 2.75) is 18.2 Å². The number of hydrogen-bond donors (Lipinski definition) is 1. The molecule has 0 aromatic heterocycles. The van der Waals surface area contributed by atoms with Crippen LogP contribution in [0.2, 0.25) is 0 Å². The van der Waals surface area contributed by atoms with E-state index in [9.17, 15) is 8.42 Å². The summed E-state index contributed by atoms with van der Waals surface area (Å²) in [4.78, 5) is 0.992. The van der Waals surface area contributed by atoms with Crippen LogP contribution in [0.25, 0.3) is 0 Å². The minimum absolute atomic E-state index is 0.125. The average molecular weight is 314 g/mol. The Labute approximate surface area is 126 Å². The maximum Gasteiger partial charge on any atom is 0.215 e. The molecule has 0 aliphatic heterocycles. The molecule has 20 heavy (non-hydrogen) atoms. The summed E-state index contributed by atoms with van der Waals surface area (Å²) in [6.07, 6.45) is 2.42. The average Bonchev–Trinajstić information content (AvgIpc) is 2.38. The van der Waals surface area contributed by atoms with Gasteiger partial charge >= 0.3 is 0 Å². The monoisotopic (exact) mass is 314 g/mol. The van der Waals surface area contributed by atoms with Crippen molar-refractivity contribution in [1.29, 1.82) is 0 Å². The van der Waals surface area contributed by atoms with Gasteiger partial charge in [-0.3, -0.25) is 0 Å². The Kier molecular flexibility index (Phi) is 7.12. The van der Waals surface area contributed by atoms with Crippen molar-refractivity contribution in [1.82, 2.24) is 4.31 Å². The molecule has 0 spiro atoms. The van der Waals surface area contributed by atoms with E-state index in [-0.39, 0.29) is 5.75 Å². The van der Waals surface area contributed by atoms with Gasteiger partial charge in [0.1, 0.15) is 0 Å². The molecule has 0 aliphatic rings. The fourth-order valence-corrected chi connectivity index (χ4v) is 4.59. The second kappa shape index (κ2) is 8.34. The Morgan fingerprint density at radius 1 is 1.45 bits per heavy atom. The Morgan fingerprint density at radius 2 is 2.20 bits per heavy atom. The third-order valence-corrected chi connectivity index (χ3v) is 5.76. The first kappa shape index (κ1) is 17.1. The molecule has 1 aromatic rings. The van der Waals surface area contributed by atoms with Gasteiger partial charge in [0.05, 0.1) is 5.75 Å². The molecule has 0 amide bonds. The van der Waals surface area contributed by atoms with Gasteiger partial charge in [0.25, 0.3) is 0 Å². The molecule has 112 valence electrons. The minimum Gasteiger partial charge on any atom is -0.399 e. The highest BCUT2D eigenvalue weighted by atomic mass is 32.2. The summed E-state index contributed by atoms with van der Waals surface area (Å²) in [5, 5.41) is 0. The zero-order chi connectivity index (χ0) is 15.0. The van der Waals surface area contributed by atoms with Crippen LogP contribution in [-0.2, 0) is 10.0 Å². The van der Waals surface area contributed by atoms with Crippen molar-refractivity contribution >= 4 is 27.5 Å².